The monoisotopic (exact) mass is 249 g/mol. The first-order chi connectivity index (χ1) is 8.67. The van der Waals surface area contributed by atoms with E-state index in [1.807, 2.05) is 19.9 Å². The van der Waals surface area contributed by atoms with Crippen molar-refractivity contribution < 1.29 is 9.50 Å². The van der Waals surface area contributed by atoms with E-state index in [9.17, 15) is 9.50 Å². The fourth-order valence-corrected chi connectivity index (χ4v) is 1.91. The van der Waals surface area contributed by atoms with Gasteiger partial charge in [-0.05, 0) is 31.0 Å². The molecule has 1 aromatic heterocycles. The van der Waals surface area contributed by atoms with Crippen molar-refractivity contribution in [2.24, 2.45) is 0 Å². The Morgan fingerprint density at radius 1 is 1.33 bits per heavy atom. The highest BCUT2D eigenvalue weighted by Gasteiger charge is 2.15. The van der Waals surface area contributed by atoms with Crippen LogP contribution in [0.1, 0.15) is 24.7 Å². The van der Waals surface area contributed by atoms with Gasteiger partial charge in [0, 0.05) is 6.54 Å². The molecule has 1 heterocycles. The van der Waals surface area contributed by atoms with E-state index in [-0.39, 0.29) is 12.4 Å². The van der Waals surface area contributed by atoms with E-state index in [0.29, 0.717) is 23.8 Å². The summed E-state index contributed by atoms with van der Waals surface area (Å²) >= 11 is 0. The highest BCUT2D eigenvalue weighted by molar-refractivity contribution is 5.57. The molecule has 0 fully saturated rings. The Morgan fingerprint density at radius 3 is 2.72 bits per heavy atom. The molecule has 0 amide bonds. The van der Waals surface area contributed by atoms with Crippen LogP contribution in [-0.2, 0) is 13.2 Å². The summed E-state index contributed by atoms with van der Waals surface area (Å²) < 4.78 is 15.7. The molecule has 0 aliphatic carbocycles. The van der Waals surface area contributed by atoms with Crippen LogP contribution in [0.15, 0.2) is 18.2 Å². The number of halogens is 1. The third-order valence-corrected chi connectivity index (χ3v) is 2.78. The lowest BCUT2D eigenvalue weighted by Crippen LogP contribution is -2.06. The van der Waals surface area contributed by atoms with Crippen LogP contribution in [0.5, 0.6) is 0 Å². The lowest BCUT2D eigenvalue weighted by Gasteiger charge is -2.08. The average molecular weight is 249 g/mol. The Labute approximate surface area is 105 Å². The Kier molecular flexibility index (Phi) is 3.72. The summed E-state index contributed by atoms with van der Waals surface area (Å²) in [7, 11) is 0. The standard InChI is InChI=1S/C13H16FN3O/c1-3-6-17-12(8-18)15-16-13(17)10-5-4-9(2)7-11(10)14/h4-5,7,18H,3,6,8H2,1-2H3. The first-order valence-electron chi connectivity index (χ1n) is 5.96. The van der Waals surface area contributed by atoms with Crippen molar-refractivity contribution in [2.45, 2.75) is 33.4 Å². The molecule has 2 rings (SSSR count). The molecule has 0 spiro atoms. The summed E-state index contributed by atoms with van der Waals surface area (Å²) in [5, 5.41) is 17.1. The molecule has 2 aromatic rings. The molecule has 0 unspecified atom stereocenters. The van der Waals surface area contributed by atoms with E-state index in [1.54, 1.807) is 10.6 Å². The number of nitrogens with zero attached hydrogens (tertiary/aromatic N) is 3. The third-order valence-electron chi connectivity index (χ3n) is 2.78. The van der Waals surface area contributed by atoms with E-state index in [4.69, 9.17) is 0 Å². The number of hydrogen-bond acceptors (Lipinski definition) is 3. The van der Waals surface area contributed by atoms with Crippen molar-refractivity contribution in [1.82, 2.24) is 14.8 Å². The number of aliphatic hydroxyl groups is 1. The Balaban J connectivity index is 2.52. The lowest BCUT2D eigenvalue weighted by molar-refractivity contribution is 0.264. The number of rotatable bonds is 4. The van der Waals surface area contributed by atoms with Gasteiger partial charge in [0.25, 0.3) is 0 Å². The molecule has 0 saturated carbocycles. The maximum atomic E-state index is 13.9. The zero-order chi connectivity index (χ0) is 13.1. The average Bonchev–Trinajstić information content (AvgIpc) is 2.73. The predicted octanol–water partition coefficient (Wildman–Crippen LogP) is 2.29. The van der Waals surface area contributed by atoms with Crippen LogP contribution in [0.25, 0.3) is 11.4 Å². The van der Waals surface area contributed by atoms with Gasteiger partial charge in [-0.2, -0.15) is 0 Å². The zero-order valence-corrected chi connectivity index (χ0v) is 10.5. The van der Waals surface area contributed by atoms with Gasteiger partial charge in [-0.3, -0.25) is 0 Å². The molecule has 4 nitrogen and oxygen atoms in total. The van der Waals surface area contributed by atoms with E-state index in [2.05, 4.69) is 10.2 Å². The fraction of sp³-hybridized carbons (Fsp3) is 0.385. The highest BCUT2D eigenvalue weighted by Crippen LogP contribution is 2.23. The lowest BCUT2D eigenvalue weighted by atomic mass is 10.1. The SMILES string of the molecule is CCCn1c(CO)nnc1-c1ccc(C)cc1F. The van der Waals surface area contributed by atoms with Crippen LogP contribution in [0.2, 0.25) is 0 Å². The summed E-state index contributed by atoms with van der Waals surface area (Å²) in [6, 6.07) is 5.00. The van der Waals surface area contributed by atoms with Crippen LogP contribution >= 0.6 is 0 Å². The maximum Gasteiger partial charge on any atom is 0.166 e. The molecule has 0 aliphatic rings. The van der Waals surface area contributed by atoms with Gasteiger partial charge in [-0.15, -0.1) is 10.2 Å². The largest absolute Gasteiger partial charge is 0.388 e. The van der Waals surface area contributed by atoms with Gasteiger partial charge in [0.15, 0.2) is 11.6 Å². The van der Waals surface area contributed by atoms with Crippen molar-refractivity contribution in [3.63, 3.8) is 0 Å². The Bertz CT molecular complexity index is 551. The molecule has 0 radical (unpaired) electrons. The third kappa shape index (κ3) is 2.26. The van der Waals surface area contributed by atoms with E-state index >= 15 is 0 Å². The number of hydrogen-bond donors (Lipinski definition) is 1. The highest BCUT2D eigenvalue weighted by atomic mass is 19.1. The van der Waals surface area contributed by atoms with Gasteiger partial charge >= 0.3 is 0 Å². The molecule has 5 heteroatoms. The molecule has 0 bridgehead atoms. The van der Waals surface area contributed by atoms with E-state index in [1.165, 1.54) is 6.07 Å². The van der Waals surface area contributed by atoms with Crippen LogP contribution < -0.4 is 0 Å². The van der Waals surface area contributed by atoms with Crippen LogP contribution in [-0.4, -0.2) is 19.9 Å². The van der Waals surface area contributed by atoms with Crippen LogP contribution in [0.3, 0.4) is 0 Å². The quantitative estimate of drug-likeness (QED) is 0.904. The zero-order valence-electron chi connectivity index (χ0n) is 10.5. The molecular weight excluding hydrogens is 233 g/mol. The molecule has 0 aliphatic heterocycles. The number of aromatic nitrogens is 3. The molecule has 96 valence electrons. The summed E-state index contributed by atoms with van der Waals surface area (Å²) in [6.07, 6.45) is 0.867. The Morgan fingerprint density at radius 2 is 2.11 bits per heavy atom. The summed E-state index contributed by atoms with van der Waals surface area (Å²) in [5.41, 5.74) is 1.28. The minimum absolute atomic E-state index is 0.194. The second-order valence-corrected chi connectivity index (χ2v) is 4.23. The second-order valence-electron chi connectivity index (χ2n) is 4.23. The second kappa shape index (κ2) is 5.27. The normalized spacial score (nSPS) is 10.9. The van der Waals surface area contributed by atoms with Crippen molar-refractivity contribution in [3.8, 4) is 11.4 Å². The number of aliphatic hydroxyl groups excluding tert-OH is 1. The molecule has 0 saturated heterocycles. The van der Waals surface area contributed by atoms with E-state index in [0.717, 1.165) is 12.0 Å². The van der Waals surface area contributed by atoms with Gasteiger partial charge in [0.05, 0.1) is 5.56 Å². The maximum absolute atomic E-state index is 13.9. The predicted molar refractivity (Wildman–Crippen MR) is 66.4 cm³/mol. The molecular formula is C13H16FN3O. The van der Waals surface area contributed by atoms with Crippen molar-refractivity contribution in [1.29, 1.82) is 0 Å². The molecule has 1 aromatic carbocycles. The van der Waals surface area contributed by atoms with Crippen molar-refractivity contribution in [3.05, 3.63) is 35.4 Å². The first kappa shape index (κ1) is 12.7. The minimum atomic E-state index is -0.316. The topological polar surface area (TPSA) is 50.9 Å². The fourth-order valence-electron chi connectivity index (χ4n) is 1.91. The van der Waals surface area contributed by atoms with Gasteiger partial charge in [-0.25, -0.2) is 4.39 Å². The number of benzene rings is 1. The van der Waals surface area contributed by atoms with Crippen LogP contribution in [0, 0.1) is 12.7 Å². The first-order valence-corrected chi connectivity index (χ1v) is 5.96. The number of aryl methyl sites for hydroxylation is 1. The van der Waals surface area contributed by atoms with E-state index < -0.39 is 0 Å². The van der Waals surface area contributed by atoms with Crippen LogP contribution in [0.4, 0.5) is 4.39 Å². The smallest absolute Gasteiger partial charge is 0.166 e. The minimum Gasteiger partial charge on any atom is -0.388 e. The summed E-state index contributed by atoms with van der Waals surface area (Å²) in [4.78, 5) is 0. The van der Waals surface area contributed by atoms with Crippen molar-refractivity contribution >= 4 is 0 Å². The summed E-state index contributed by atoms with van der Waals surface area (Å²) in [6.45, 7) is 4.31. The van der Waals surface area contributed by atoms with Crippen molar-refractivity contribution in [2.75, 3.05) is 0 Å². The van der Waals surface area contributed by atoms with Gasteiger partial charge in [-0.1, -0.05) is 13.0 Å². The van der Waals surface area contributed by atoms with Gasteiger partial charge in [0.2, 0.25) is 0 Å². The Hall–Kier alpha value is -1.75. The molecule has 0 atom stereocenters. The summed E-state index contributed by atoms with van der Waals surface area (Å²) in [5.74, 6) is 0.620. The molecule has 1 N–H and O–H groups in total. The molecule has 18 heavy (non-hydrogen) atoms. The van der Waals surface area contributed by atoms with Gasteiger partial charge < -0.3 is 9.67 Å². The van der Waals surface area contributed by atoms with Gasteiger partial charge in [0.1, 0.15) is 12.4 Å².